The Labute approximate surface area is 162 Å². The molecule has 1 N–H and O–H groups in total. The van der Waals surface area contributed by atoms with Crippen LogP contribution in [0.4, 0.5) is 5.69 Å². The highest BCUT2D eigenvalue weighted by atomic mass is 32.2. The summed E-state index contributed by atoms with van der Waals surface area (Å²) in [4.78, 5) is 2.13. The summed E-state index contributed by atoms with van der Waals surface area (Å²) in [6.07, 6.45) is 0. The van der Waals surface area contributed by atoms with Crippen molar-refractivity contribution in [2.75, 3.05) is 10.5 Å². The summed E-state index contributed by atoms with van der Waals surface area (Å²) in [7, 11) is -3.62. The molecule has 0 atom stereocenters. The monoisotopic (exact) mass is 399 g/mol. The molecule has 3 aromatic rings. The summed E-state index contributed by atoms with van der Waals surface area (Å²) in [5.41, 5.74) is 1.58. The molecule has 0 aliphatic rings. The number of para-hydroxylation sites is 1. The number of rotatable bonds is 5. The lowest BCUT2D eigenvalue weighted by Crippen LogP contribution is -2.13. The van der Waals surface area contributed by atoms with Crippen molar-refractivity contribution < 1.29 is 8.42 Å². The molecule has 0 fully saturated rings. The van der Waals surface area contributed by atoms with Crippen molar-refractivity contribution in [3.8, 4) is 11.8 Å². The summed E-state index contributed by atoms with van der Waals surface area (Å²) in [6, 6.07) is 18.1. The fraction of sp³-hybridized carbons (Fsp3) is 0.100. The van der Waals surface area contributed by atoms with Crippen molar-refractivity contribution in [1.82, 2.24) is 0 Å². The lowest BCUT2D eigenvalue weighted by Gasteiger charge is -2.11. The molecule has 3 nitrogen and oxygen atoms in total. The van der Waals surface area contributed by atoms with Crippen molar-refractivity contribution in [3.63, 3.8) is 0 Å². The van der Waals surface area contributed by atoms with Crippen LogP contribution in [-0.2, 0) is 10.0 Å². The molecule has 0 aliphatic heterocycles. The summed E-state index contributed by atoms with van der Waals surface area (Å²) < 4.78 is 27.9. The standard InChI is InChI=1S/C20H17NO2S3/c1-16-10-12-18(13-11-16)26(22,23)21-19-8-2-3-9-20(19)25-15-5-7-17-6-4-14-24-17/h2-4,6,8-14,21H,15H2,1H3. The van der Waals surface area contributed by atoms with Crippen LogP contribution in [0.5, 0.6) is 0 Å². The molecular formula is C20H17NO2S3. The smallest absolute Gasteiger partial charge is 0.261 e. The van der Waals surface area contributed by atoms with Crippen LogP contribution in [0.3, 0.4) is 0 Å². The molecule has 132 valence electrons. The van der Waals surface area contributed by atoms with Gasteiger partial charge in [0.25, 0.3) is 10.0 Å². The van der Waals surface area contributed by atoms with Gasteiger partial charge < -0.3 is 0 Å². The minimum absolute atomic E-state index is 0.250. The van der Waals surface area contributed by atoms with E-state index < -0.39 is 10.0 Å². The van der Waals surface area contributed by atoms with Crippen LogP contribution in [0.15, 0.2) is 75.8 Å². The third-order valence-electron chi connectivity index (χ3n) is 3.50. The number of hydrogen-bond donors (Lipinski definition) is 1. The molecule has 0 amide bonds. The number of sulfonamides is 1. The van der Waals surface area contributed by atoms with Gasteiger partial charge in [-0.1, -0.05) is 47.7 Å². The molecule has 0 saturated carbocycles. The van der Waals surface area contributed by atoms with Gasteiger partial charge >= 0.3 is 0 Å². The van der Waals surface area contributed by atoms with Crippen molar-refractivity contribution in [2.24, 2.45) is 0 Å². The first-order chi connectivity index (χ1) is 12.5. The van der Waals surface area contributed by atoms with Gasteiger partial charge in [0.05, 0.1) is 21.2 Å². The number of nitrogens with one attached hydrogen (secondary N) is 1. The zero-order valence-corrected chi connectivity index (χ0v) is 16.5. The molecule has 0 unspecified atom stereocenters. The number of anilines is 1. The fourth-order valence-corrected chi connectivity index (χ4v) is 4.67. The molecule has 1 heterocycles. The van der Waals surface area contributed by atoms with E-state index in [1.165, 1.54) is 11.8 Å². The summed E-state index contributed by atoms with van der Waals surface area (Å²) >= 11 is 3.12. The van der Waals surface area contributed by atoms with Gasteiger partial charge in [0.15, 0.2) is 0 Å². The van der Waals surface area contributed by atoms with Crippen molar-refractivity contribution in [1.29, 1.82) is 0 Å². The average Bonchev–Trinajstić information content (AvgIpc) is 3.13. The lowest BCUT2D eigenvalue weighted by atomic mass is 10.2. The molecule has 0 saturated heterocycles. The quantitative estimate of drug-likeness (QED) is 0.485. The third-order valence-corrected chi connectivity index (χ3v) is 6.62. The molecular weight excluding hydrogens is 382 g/mol. The lowest BCUT2D eigenvalue weighted by molar-refractivity contribution is 0.601. The van der Waals surface area contributed by atoms with Gasteiger partial charge in [-0.3, -0.25) is 4.72 Å². The SMILES string of the molecule is Cc1ccc(S(=O)(=O)Nc2ccccc2SCC#Cc2cccs2)cc1. The van der Waals surface area contributed by atoms with Gasteiger partial charge in [-0.25, -0.2) is 8.42 Å². The van der Waals surface area contributed by atoms with Gasteiger partial charge in [-0.15, -0.1) is 23.1 Å². The number of benzene rings is 2. The molecule has 26 heavy (non-hydrogen) atoms. The van der Waals surface area contributed by atoms with E-state index in [-0.39, 0.29) is 4.90 Å². The highest BCUT2D eigenvalue weighted by Crippen LogP contribution is 2.28. The minimum atomic E-state index is -3.62. The second-order valence-electron chi connectivity index (χ2n) is 5.48. The van der Waals surface area contributed by atoms with E-state index in [0.29, 0.717) is 11.4 Å². The fourth-order valence-electron chi connectivity index (χ4n) is 2.18. The topological polar surface area (TPSA) is 46.2 Å². The zero-order valence-electron chi connectivity index (χ0n) is 14.1. The Morgan fingerprint density at radius 3 is 2.54 bits per heavy atom. The van der Waals surface area contributed by atoms with E-state index >= 15 is 0 Å². The maximum atomic E-state index is 12.6. The first-order valence-corrected chi connectivity index (χ1v) is 11.2. The number of hydrogen-bond acceptors (Lipinski definition) is 4. The van der Waals surface area contributed by atoms with Crippen LogP contribution in [0.2, 0.25) is 0 Å². The van der Waals surface area contributed by atoms with Crippen LogP contribution in [0.1, 0.15) is 10.4 Å². The average molecular weight is 400 g/mol. The molecule has 0 radical (unpaired) electrons. The Morgan fingerprint density at radius 1 is 1.04 bits per heavy atom. The second kappa shape index (κ2) is 8.45. The molecule has 6 heteroatoms. The number of aryl methyl sites for hydroxylation is 1. The maximum absolute atomic E-state index is 12.6. The normalized spacial score (nSPS) is 10.8. The molecule has 3 rings (SSSR count). The van der Waals surface area contributed by atoms with E-state index in [1.54, 1.807) is 41.7 Å². The summed E-state index contributed by atoms with van der Waals surface area (Å²) in [5.74, 6) is 6.80. The van der Waals surface area contributed by atoms with Gasteiger partial charge in [0.2, 0.25) is 0 Å². The van der Waals surface area contributed by atoms with E-state index in [0.717, 1.165) is 15.3 Å². The van der Waals surface area contributed by atoms with Crippen LogP contribution in [0, 0.1) is 18.8 Å². The summed E-state index contributed by atoms with van der Waals surface area (Å²) in [5, 5.41) is 1.99. The Bertz CT molecular complexity index is 1030. The van der Waals surface area contributed by atoms with Crippen molar-refractivity contribution >= 4 is 38.8 Å². The van der Waals surface area contributed by atoms with Crippen LogP contribution >= 0.6 is 23.1 Å². The van der Waals surface area contributed by atoms with Crippen molar-refractivity contribution in [2.45, 2.75) is 16.7 Å². The minimum Gasteiger partial charge on any atom is -0.278 e. The van der Waals surface area contributed by atoms with Crippen LogP contribution < -0.4 is 4.72 Å². The van der Waals surface area contributed by atoms with E-state index in [2.05, 4.69) is 16.6 Å². The van der Waals surface area contributed by atoms with E-state index in [9.17, 15) is 8.42 Å². The molecule has 0 spiro atoms. The molecule has 2 aromatic carbocycles. The Morgan fingerprint density at radius 2 is 1.81 bits per heavy atom. The molecule has 0 bridgehead atoms. The summed E-state index contributed by atoms with van der Waals surface area (Å²) in [6.45, 7) is 1.92. The van der Waals surface area contributed by atoms with E-state index in [4.69, 9.17) is 0 Å². The predicted molar refractivity (Wildman–Crippen MR) is 110 cm³/mol. The van der Waals surface area contributed by atoms with E-state index in [1.807, 2.05) is 42.6 Å². The third kappa shape index (κ3) is 4.92. The Balaban J connectivity index is 1.73. The number of thioether (sulfide) groups is 1. The zero-order chi connectivity index (χ0) is 18.4. The second-order valence-corrected chi connectivity index (χ2v) is 9.13. The van der Waals surface area contributed by atoms with Gasteiger partial charge in [0, 0.05) is 4.90 Å². The molecule has 1 aromatic heterocycles. The maximum Gasteiger partial charge on any atom is 0.261 e. The van der Waals surface area contributed by atoms with Crippen LogP contribution in [-0.4, -0.2) is 14.2 Å². The first kappa shape index (κ1) is 18.6. The molecule has 0 aliphatic carbocycles. The highest BCUT2D eigenvalue weighted by molar-refractivity contribution is 7.99. The van der Waals surface area contributed by atoms with Gasteiger partial charge in [0.1, 0.15) is 0 Å². The first-order valence-electron chi connectivity index (χ1n) is 7.88. The Hall–Kier alpha value is -2.20. The highest BCUT2D eigenvalue weighted by Gasteiger charge is 2.15. The van der Waals surface area contributed by atoms with Gasteiger partial charge in [-0.05, 0) is 42.6 Å². The Kier molecular flexibility index (Phi) is 6.04. The predicted octanol–water partition coefficient (Wildman–Crippen LogP) is 5.00. The van der Waals surface area contributed by atoms with Crippen LogP contribution in [0.25, 0.3) is 0 Å². The van der Waals surface area contributed by atoms with Crippen molar-refractivity contribution in [3.05, 3.63) is 76.5 Å². The largest absolute Gasteiger partial charge is 0.278 e. The van der Waals surface area contributed by atoms with Gasteiger partial charge in [-0.2, -0.15) is 0 Å². The number of thiophene rings is 1.